The Morgan fingerprint density at radius 2 is 1.87 bits per heavy atom. The molecule has 0 fully saturated rings. The van der Waals surface area contributed by atoms with Crippen molar-refractivity contribution in [2.45, 2.75) is 31.0 Å². The Balaban J connectivity index is 1.78. The molecule has 0 saturated carbocycles. The van der Waals surface area contributed by atoms with E-state index in [0.29, 0.717) is 0 Å². The lowest BCUT2D eigenvalue weighted by Gasteiger charge is -2.12. The van der Waals surface area contributed by atoms with Gasteiger partial charge in [0.15, 0.2) is 5.82 Å². The summed E-state index contributed by atoms with van der Waals surface area (Å²) in [4.78, 5) is 0. The van der Waals surface area contributed by atoms with E-state index in [-0.39, 0.29) is 5.25 Å². The van der Waals surface area contributed by atoms with Gasteiger partial charge in [0.2, 0.25) is 0 Å². The average molecular weight is 345 g/mol. The van der Waals surface area contributed by atoms with Crippen molar-refractivity contribution < 1.29 is 0 Å². The summed E-state index contributed by atoms with van der Waals surface area (Å²) >= 11 is 7.89. The lowest BCUT2D eigenvalue weighted by atomic mass is 10.2. The van der Waals surface area contributed by atoms with Crippen LogP contribution in [0.5, 0.6) is 0 Å². The van der Waals surface area contributed by atoms with Gasteiger partial charge in [-0.3, -0.25) is 0 Å². The van der Waals surface area contributed by atoms with Gasteiger partial charge in [-0.25, -0.2) is 4.68 Å². The Hall–Kier alpha value is -1.85. The Kier molecular flexibility index (Phi) is 4.68. The molecule has 1 aromatic carbocycles. The molecule has 0 spiro atoms. The van der Waals surface area contributed by atoms with E-state index in [4.69, 9.17) is 11.6 Å². The SMILES string of the molecule is Cc1cc(C)n(-c2ccc(SC(C)c3ccccc3Cl)nn2)n1. The lowest BCUT2D eigenvalue weighted by Crippen LogP contribution is -2.03. The Morgan fingerprint density at radius 3 is 2.48 bits per heavy atom. The van der Waals surface area contributed by atoms with Crippen molar-refractivity contribution in [3.8, 4) is 5.82 Å². The quantitative estimate of drug-likeness (QED) is 0.638. The maximum Gasteiger partial charge on any atom is 0.175 e. The summed E-state index contributed by atoms with van der Waals surface area (Å²) in [6.07, 6.45) is 0. The van der Waals surface area contributed by atoms with E-state index in [1.165, 1.54) is 0 Å². The van der Waals surface area contributed by atoms with Crippen LogP contribution in [0.25, 0.3) is 5.82 Å². The predicted octanol–water partition coefficient (Wildman–Crippen LogP) is 4.79. The number of nitrogens with zero attached hydrogens (tertiary/aromatic N) is 4. The smallest absolute Gasteiger partial charge is 0.175 e. The molecular formula is C17H17ClN4S. The van der Waals surface area contributed by atoms with E-state index in [1.807, 2.05) is 56.3 Å². The van der Waals surface area contributed by atoms with Crippen molar-refractivity contribution in [3.05, 3.63) is 64.4 Å². The molecule has 118 valence electrons. The second-order valence-corrected chi connectivity index (χ2v) is 7.12. The third kappa shape index (κ3) is 3.57. The van der Waals surface area contributed by atoms with Crippen LogP contribution in [0.4, 0.5) is 0 Å². The number of halogens is 1. The van der Waals surface area contributed by atoms with E-state index >= 15 is 0 Å². The number of rotatable bonds is 4. The summed E-state index contributed by atoms with van der Waals surface area (Å²) in [5, 5.41) is 14.9. The van der Waals surface area contributed by atoms with Gasteiger partial charge in [-0.05, 0) is 50.6 Å². The highest BCUT2D eigenvalue weighted by atomic mass is 35.5. The van der Waals surface area contributed by atoms with Gasteiger partial charge in [0.25, 0.3) is 0 Å². The minimum atomic E-state index is 0.206. The normalized spacial score (nSPS) is 12.3. The number of aromatic nitrogens is 4. The molecular weight excluding hydrogens is 328 g/mol. The summed E-state index contributed by atoms with van der Waals surface area (Å²) in [5.74, 6) is 0.727. The highest BCUT2D eigenvalue weighted by Gasteiger charge is 2.12. The molecule has 0 aliphatic rings. The number of hydrogen-bond acceptors (Lipinski definition) is 4. The van der Waals surface area contributed by atoms with Gasteiger partial charge >= 0.3 is 0 Å². The molecule has 0 saturated heterocycles. The zero-order valence-corrected chi connectivity index (χ0v) is 14.8. The molecule has 2 heterocycles. The van der Waals surface area contributed by atoms with Crippen LogP contribution in [0.15, 0.2) is 47.5 Å². The summed E-state index contributed by atoms with van der Waals surface area (Å²) in [5.41, 5.74) is 3.11. The van der Waals surface area contributed by atoms with Crippen LogP contribution in [-0.2, 0) is 0 Å². The molecule has 3 aromatic rings. The Bertz CT molecular complexity index is 814. The van der Waals surface area contributed by atoms with Crippen molar-refractivity contribution in [1.82, 2.24) is 20.0 Å². The van der Waals surface area contributed by atoms with E-state index in [9.17, 15) is 0 Å². The average Bonchev–Trinajstić information content (AvgIpc) is 2.87. The molecule has 0 aliphatic carbocycles. The van der Waals surface area contributed by atoms with Crippen molar-refractivity contribution in [1.29, 1.82) is 0 Å². The fourth-order valence-electron chi connectivity index (χ4n) is 2.40. The monoisotopic (exact) mass is 344 g/mol. The molecule has 0 radical (unpaired) electrons. The largest absolute Gasteiger partial charge is 0.218 e. The van der Waals surface area contributed by atoms with Crippen LogP contribution >= 0.6 is 23.4 Å². The molecule has 1 atom stereocenters. The predicted molar refractivity (Wildman–Crippen MR) is 94.4 cm³/mol. The highest BCUT2D eigenvalue weighted by Crippen LogP contribution is 2.36. The van der Waals surface area contributed by atoms with Crippen molar-refractivity contribution >= 4 is 23.4 Å². The molecule has 4 nitrogen and oxygen atoms in total. The number of hydrogen-bond donors (Lipinski definition) is 0. The minimum absolute atomic E-state index is 0.206. The second-order valence-electron chi connectivity index (χ2n) is 5.35. The molecule has 23 heavy (non-hydrogen) atoms. The Labute approximate surface area is 144 Å². The van der Waals surface area contributed by atoms with Crippen LogP contribution in [0.1, 0.15) is 29.1 Å². The standard InChI is InChI=1S/C17H17ClN4S/c1-11-10-12(2)22(21-11)16-8-9-17(20-19-16)23-13(3)14-6-4-5-7-15(14)18/h4-10,13H,1-3H3. The first-order valence-electron chi connectivity index (χ1n) is 7.33. The lowest BCUT2D eigenvalue weighted by molar-refractivity contribution is 0.765. The van der Waals surface area contributed by atoms with Crippen LogP contribution < -0.4 is 0 Å². The second kappa shape index (κ2) is 6.72. The maximum absolute atomic E-state index is 6.25. The third-order valence-electron chi connectivity index (χ3n) is 3.49. The van der Waals surface area contributed by atoms with E-state index in [2.05, 4.69) is 22.2 Å². The molecule has 6 heteroatoms. The van der Waals surface area contributed by atoms with Crippen molar-refractivity contribution in [2.75, 3.05) is 0 Å². The van der Waals surface area contributed by atoms with E-state index in [1.54, 1.807) is 16.4 Å². The molecule has 2 aromatic heterocycles. The summed E-state index contributed by atoms with van der Waals surface area (Å²) < 4.78 is 1.80. The molecule has 3 rings (SSSR count). The number of benzene rings is 1. The molecule has 0 N–H and O–H groups in total. The molecule has 0 bridgehead atoms. The van der Waals surface area contributed by atoms with Crippen LogP contribution in [-0.4, -0.2) is 20.0 Å². The van der Waals surface area contributed by atoms with Crippen LogP contribution in [0.2, 0.25) is 5.02 Å². The van der Waals surface area contributed by atoms with Gasteiger partial charge in [0, 0.05) is 16.0 Å². The topological polar surface area (TPSA) is 43.6 Å². The van der Waals surface area contributed by atoms with Crippen LogP contribution in [0, 0.1) is 13.8 Å². The molecule has 1 unspecified atom stereocenters. The first-order valence-corrected chi connectivity index (χ1v) is 8.59. The van der Waals surface area contributed by atoms with Gasteiger partial charge in [0.1, 0.15) is 5.03 Å². The first kappa shape index (κ1) is 16.0. The fourth-order valence-corrected chi connectivity index (χ4v) is 3.69. The van der Waals surface area contributed by atoms with Crippen molar-refractivity contribution in [2.24, 2.45) is 0 Å². The van der Waals surface area contributed by atoms with Crippen molar-refractivity contribution in [3.63, 3.8) is 0 Å². The maximum atomic E-state index is 6.25. The van der Waals surface area contributed by atoms with E-state index in [0.717, 1.165) is 32.8 Å². The minimum Gasteiger partial charge on any atom is -0.218 e. The summed E-state index contributed by atoms with van der Waals surface area (Å²) in [7, 11) is 0. The summed E-state index contributed by atoms with van der Waals surface area (Å²) in [6.45, 7) is 6.08. The first-order chi connectivity index (χ1) is 11.0. The van der Waals surface area contributed by atoms with Gasteiger partial charge in [-0.15, -0.1) is 10.2 Å². The zero-order valence-electron chi connectivity index (χ0n) is 13.2. The molecule has 0 amide bonds. The van der Waals surface area contributed by atoms with Gasteiger partial charge in [0.05, 0.1) is 5.69 Å². The Morgan fingerprint density at radius 1 is 1.09 bits per heavy atom. The highest BCUT2D eigenvalue weighted by molar-refractivity contribution is 7.99. The fraction of sp³-hybridized carbons (Fsp3) is 0.235. The van der Waals surface area contributed by atoms with Gasteiger partial charge in [-0.1, -0.05) is 41.6 Å². The van der Waals surface area contributed by atoms with Crippen LogP contribution in [0.3, 0.4) is 0 Å². The number of aryl methyl sites for hydroxylation is 2. The molecule has 0 aliphatic heterocycles. The third-order valence-corrected chi connectivity index (χ3v) is 4.90. The van der Waals surface area contributed by atoms with Gasteiger partial charge in [-0.2, -0.15) is 5.10 Å². The van der Waals surface area contributed by atoms with Gasteiger partial charge < -0.3 is 0 Å². The summed E-state index contributed by atoms with van der Waals surface area (Å²) in [6, 6.07) is 13.8. The number of thioether (sulfide) groups is 1. The zero-order chi connectivity index (χ0) is 16.4. The van der Waals surface area contributed by atoms with E-state index < -0.39 is 0 Å².